The molecule has 0 radical (unpaired) electrons. The van der Waals surface area contributed by atoms with Gasteiger partial charge in [0.15, 0.2) is 0 Å². The van der Waals surface area contributed by atoms with Crippen molar-refractivity contribution in [1.82, 2.24) is 5.16 Å². The summed E-state index contributed by atoms with van der Waals surface area (Å²) in [5.74, 6) is 1.37. The van der Waals surface area contributed by atoms with Crippen LogP contribution in [-0.4, -0.2) is 12.3 Å². The van der Waals surface area contributed by atoms with Crippen LogP contribution in [0, 0.1) is 25.2 Å². The molecule has 4 nitrogen and oxygen atoms in total. The van der Waals surface area contributed by atoms with Crippen LogP contribution in [0.4, 0.5) is 0 Å². The van der Waals surface area contributed by atoms with E-state index in [0.29, 0.717) is 6.42 Å². The van der Waals surface area contributed by atoms with Gasteiger partial charge in [0.2, 0.25) is 0 Å². The number of hydrogen-bond donors (Lipinski definition) is 0. The van der Waals surface area contributed by atoms with Gasteiger partial charge in [0.05, 0.1) is 24.8 Å². The number of rotatable bonds is 4. The molecule has 0 bridgehead atoms. The third-order valence-corrected chi connectivity index (χ3v) is 3.26. The van der Waals surface area contributed by atoms with Gasteiger partial charge in [-0.15, -0.1) is 0 Å². The molecular formula is C15H16N2O2. The van der Waals surface area contributed by atoms with Gasteiger partial charge in [-0.1, -0.05) is 17.3 Å². The summed E-state index contributed by atoms with van der Waals surface area (Å²) in [6.45, 7) is 3.77. The Morgan fingerprint density at radius 3 is 2.47 bits per heavy atom. The molecule has 4 heteroatoms. The Kier molecular flexibility index (Phi) is 3.86. The summed E-state index contributed by atoms with van der Waals surface area (Å²) in [7, 11) is 1.63. The molecule has 0 fully saturated rings. The fourth-order valence-electron chi connectivity index (χ4n) is 2.07. The Hall–Kier alpha value is -2.28. The van der Waals surface area contributed by atoms with Gasteiger partial charge in [-0.25, -0.2) is 0 Å². The Labute approximate surface area is 112 Å². The molecule has 2 rings (SSSR count). The first-order valence-electron chi connectivity index (χ1n) is 6.11. The van der Waals surface area contributed by atoms with Gasteiger partial charge in [0.1, 0.15) is 11.5 Å². The van der Waals surface area contributed by atoms with Crippen LogP contribution in [0.25, 0.3) is 0 Å². The highest BCUT2D eigenvalue weighted by Crippen LogP contribution is 2.25. The fourth-order valence-corrected chi connectivity index (χ4v) is 2.07. The second-order valence-electron chi connectivity index (χ2n) is 4.46. The second-order valence-corrected chi connectivity index (χ2v) is 4.46. The first-order chi connectivity index (χ1) is 9.15. The molecule has 2 aromatic rings. The van der Waals surface area contributed by atoms with Crippen LogP contribution >= 0.6 is 0 Å². The quantitative estimate of drug-likeness (QED) is 0.843. The molecule has 0 amide bonds. The Morgan fingerprint density at radius 1 is 1.32 bits per heavy atom. The van der Waals surface area contributed by atoms with Crippen molar-refractivity contribution in [2.24, 2.45) is 0 Å². The van der Waals surface area contributed by atoms with Crippen molar-refractivity contribution in [3.63, 3.8) is 0 Å². The molecule has 0 spiro atoms. The molecule has 0 N–H and O–H groups in total. The Bertz CT molecular complexity index is 574. The van der Waals surface area contributed by atoms with Gasteiger partial charge in [-0.05, 0) is 38.0 Å². The van der Waals surface area contributed by atoms with Crippen LogP contribution in [0.1, 0.15) is 28.5 Å². The molecule has 0 aliphatic heterocycles. The minimum atomic E-state index is -0.206. The van der Waals surface area contributed by atoms with Gasteiger partial charge in [-0.3, -0.25) is 0 Å². The van der Waals surface area contributed by atoms with E-state index < -0.39 is 0 Å². The van der Waals surface area contributed by atoms with Crippen molar-refractivity contribution < 1.29 is 9.26 Å². The molecule has 19 heavy (non-hydrogen) atoms. The predicted molar refractivity (Wildman–Crippen MR) is 71.0 cm³/mol. The van der Waals surface area contributed by atoms with Crippen molar-refractivity contribution in [3.05, 3.63) is 46.8 Å². The van der Waals surface area contributed by atoms with Crippen LogP contribution < -0.4 is 4.74 Å². The van der Waals surface area contributed by atoms with Gasteiger partial charge >= 0.3 is 0 Å². The van der Waals surface area contributed by atoms with Gasteiger partial charge in [-0.2, -0.15) is 5.26 Å². The van der Waals surface area contributed by atoms with Crippen LogP contribution in [0.5, 0.6) is 5.75 Å². The summed E-state index contributed by atoms with van der Waals surface area (Å²) in [5.41, 5.74) is 2.84. The lowest BCUT2D eigenvalue weighted by Crippen LogP contribution is -2.02. The molecule has 1 heterocycles. The van der Waals surface area contributed by atoms with E-state index in [4.69, 9.17) is 9.26 Å². The van der Waals surface area contributed by atoms with E-state index in [-0.39, 0.29) is 5.92 Å². The van der Waals surface area contributed by atoms with E-state index in [1.54, 1.807) is 7.11 Å². The normalized spacial score (nSPS) is 11.9. The lowest BCUT2D eigenvalue weighted by atomic mass is 9.92. The lowest BCUT2D eigenvalue weighted by molar-refractivity contribution is 0.392. The summed E-state index contributed by atoms with van der Waals surface area (Å²) >= 11 is 0. The maximum absolute atomic E-state index is 9.35. The minimum absolute atomic E-state index is 0.206. The monoisotopic (exact) mass is 256 g/mol. The second kappa shape index (κ2) is 5.57. The van der Waals surface area contributed by atoms with Crippen molar-refractivity contribution in [2.45, 2.75) is 26.2 Å². The number of aryl methyl sites for hydroxylation is 2. The first kappa shape index (κ1) is 13.2. The molecular weight excluding hydrogens is 240 g/mol. The molecule has 1 aromatic heterocycles. The summed E-state index contributed by atoms with van der Waals surface area (Å²) in [6.07, 6.45) is 0.615. The summed E-state index contributed by atoms with van der Waals surface area (Å²) in [5, 5.41) is 13.3. The molecule has 0 saturated heterocycles. The van der Waals surface area contributed by atoms with Crippen molar-refractivity contribution in [3.8, 4) is 11.8 Å². The molecule has 1 atom stereocenters. The van der Waals surface area contributed by atoms with E-state index in [2.05, 4.69) is 11.2 Å². The number of aromatic nitrogens is 1. The number of methoxy groups -OCH3 is 1. The lowest BCUT2D eigenvalue weighted by Gasteiger charge is -2.10. The highest BCUT2D eigenvalue weighted by atomic mass is 16.5. The minimum Gasteiger partial charge on any atom is -0.497 e. The number of nitrogens with zero attached hydrogens (tertiary/aromatic N) is 2. The fraction of sp³-hybridized carbons (Fsp3) is 0.333. The highest BCUT2D eigenvalue weighted by Gasteiger charge is 2.17. The average molecular weight is 256 g/mol. The molecule has 1 unspecified atom stereocenters. The van der Waals surface area contributed by atoms with Crippen molar-refractivity contribution >= 4 is 0 Å². The maximum Gasteiger partial charge on any atom is 0.137 e. The molecule has 0 saturated carbocycles. The average Bonchev–Trinajstić information content (AvgIpc) is 2.76. The predicted octanol–water partition coefficient (Wildman–Crippen LogP) is 3.15. The topological polar surface area (TPSA) is 59.0 Å². The van der Waals surface area contributed by atoms with Crippen LogP contribution in [0.2, 0.25) is 0 Å². The molecule has 0 aliphatic rings. The Morgan fingerprint density at radius 2 is 2.00 bits per heavy atom. The third kappa shape index (κ3) is 2.76. The summed E-state index contributed by atoms with van der Waals surface area (Å²) < 4.78 is 10.3. The number of benzene rings is 1. The number of ether oxygens (including phenoxy) is 1. The highest BCUT2D eigenvalue weighted by molar-refractivity contribution is 5.34. The Balaban J connectivity index is 2.23. The van der Waals surface area contributed by atoms with E-state index >= 15 is 0 Å². The zero-order chi connectivity index (χ0) is 13.8. The third-order valence-electron chi connectivity index (χ3n) is 3.26. The van der Waals surface area contributed by atoms with E-state index in [0.717, 1.165) is 28.3 Å². The van der Waals surface area contributed by atoms with Crippen molar-refractivity contribution in [2.75, 3.05) is 7.11 Å². The molecule has 1 aromatic carbocycles. The molecule has 98 valence electrons. The SMILES string of the molecule is COc1ccc(C(C#N)Cc2c(C)noc2C)cc1. The largest absolute Gasteiger partial charge is 0.497 e. The number of hydrogen-bond acceptors (Lipinski definition) is 4. The zero-order valence-corrected chi connectivity index (χ0v) is 11.3. The zero-order valence-electron chi connectivity index (χ0n) is 11.3. The van der Waals surface area contributed by atoms with E-state index in [9.17, 15) is 5.26 Å². The maximum atomic E-state index is 9.35. The standard InChI is InChI=1S/C15H16N2O2/c1-10-15(11(2)19-17-10)8-13(9-16)12-4-6-14(18-3)7-5-12/h4-7,13H,8H2,1-3H3. The summed E-state index contributed by atoms with van der Waals surface area (Å²) in [4.78, 5) is 0. The van der Waals surface area contributed by atoms with Gasteiger partial charge in [0.25, 0.3) is 0 Å². The van der Waals surface area contributed by atoms with Crippen LogP contribution in [0.15, 0.2) is 28.8 Å². The van der Waals surface area contributed by atoms with Gasteiger partial charge < -0.3 is 9.26 Å². The van der Waals surface area contributed by atoms with Gasteiger partial charge in [0, 0.05) is 5.56 Å². The van der Waals surface area contributed by atoms with E-state index in [1.807, 2.05) is 38.1 Å². The van der Waals surface area contributed by atoms with Crippen LogP contribution in [0.3, 0.4) is 0 Å². The summed E-state index contributed by atoms with van der Waals surface area (Å²) in [6, 6.07) is 9.92. The number of nitriles is 1. The molecule has 0 aliphatic carbocycles. The first-order valence-corrected chi connectivity index (χ1v) is 6.11. The smallest absolute Gasteiger partial charge is 0.137 e. The van der Waals surface area contributed by atoms with E-state index in [1.165, 1.54) is 0 Å². The van der Waals surface area contributed by atoms with Crippen molar-refractivity contribution in [1.29, 1.82) is 5.26 Å². The van der Waals surface area contributed by atoms with Crippen LogP contribution in [-0.2, 0) is 6.42 Å².